The van der Waals surface area contributed by atoms with Crippen LogP contribution >= 0.6 is 11.3 Å². The van der Waals surface area contributed by atoms with Crippen LogP contribution in [0.25, 0.3) is 27.6 Å². The second-order valence-corrected chi connectivity index (χ2v) is 9.68. The lowest BCUT2D eigenvalue weighted by Gasteiger charge is -2.27. The van der Waals surface area contributed by atoms with E-state index in [1.807, 2.05) is 16.7 Å². The van der Waals surface area contributed by atoms with Crippen molar-refractivity contribution in [1.82, 2.24) is 29.5 Å². The van der Waals surface area contributed by atoms with E-state index in [1.165, 1.54) is 23.3 Å². The molecule has 0 amide bonds. The van der Waals surface area contributed by atoms with Gasteiger partial charge in [0, 0.05) is 40.8 Å². The number of nitrogens with zero attached hydrogens (tertiary/aromatic N) is 5. The third-order valence-electron chi connectivity index (χ3n) is 6.19. The standard InChI is InChI=1S/C23H28N6OS/c1-14(2)19-20(16-11-17(30-4)22-24-7-10-29(22)13-16)26-27-21(19)23-25-12-18(31-23)15-5-8-28(3)9-6-15/h7,10-15H,5-6,8-9H2,1-4H3,(H,26,27). The summed E-state index contributed by atoms with van der Waals surface area (Å²) in [6, 6.07) is 2.03. The van der Waals surface area contributed by atoms with Crippen molar-refractivity contribution in [3.63, 3.8) is 0 Å². The van der Waals surface area contributed by atoms with Crippen molar-refractivity contribution in [2.75, 3.05) is 27.2 Å². The molecule has 1 aliphatic heterocycles. The first-order chi connectivity index (χ1) is 15.0. The molecule has 0 spiro atoms. The molecule has 0 atom stereocenters. The molecule has 8 heteroatoms. The average molecular weight is 437 g/mol. The number of aromatic nitrogens is 5. The summed E-state index contributed by atoms with van der Waals surface area (Å²) in [4.78, 5) is 13.0. The Labute approximate surface area is 186 Å². The predicted molar refractivity (Wildman–Crippen MR) is 124 cm³/mol. The topological polar surface area (TPSA) is 71.3 Å². The van der Waals surface area contributed by atoms with Gasteiger partial charge in [-0.2, -0.15) is 5.10 Å². The summed E-state index contributed by atoms with van der Waals surface area (Å²) in [6.07, 6.45) is 10.2. The van der Waals surface area contributed by atoms with Gasteiger partial charge in [0.25, 0.3) is 0 Å². The van der Waals surface area contributed by atoms with Gasteiger partial charge in [-0.05, 0) is 50.9 Å². The van der Waals surface area contributed by atoms with E-state index in [-0.39, 0.29) is 0 Å². The van der Waals surface area contributed by atoms with Crippen LogP contribution in [0.5, 0.6) is 5.75 Å². The van der Waals surface area contributed by atoms with Crippen LogP contribution in [0.2, 0.25) is 0 Å². The van der Waals surface area contributed by atoms with Crippen molar-refractivity contribution in [3.05, 3.63) is 41.3 Å². The Morgan fingerprint density at radius 1 is 1.23 bits per heavy atom. The molecule has 4 aromatic rings. The van der Waals surface area contributed by atoms with Gasteiger partial charge in [-0.1, -0.05) is 13.8 Å². The molecule has 5 rings (SSSR count). The van der Waals surface area contributed by atoms with Gasteiger partial charge in [0.05, 0.1) is 12.8 Å². The summed E-state index contributed by atoms with van der Waals surface area (Å²) < 4.78 is 7.57. The van der Waals surface area contributed by atoms with Gasteiger partial charge in [0.2, 0.25) is 0 Å². The third kappa shape index (κ3) is 3.64. The van der Waals surface area contributed by atoms with Crippen LogP contribution in [0.1, 0.15) is 49.0 Å². The average Bonchev–Trinajstić information content (AvgIpc) is 3.51. The van der Waals surface area contributed by atoms with Gasteiger partial charge >= 0.3 is 0 Å². The fourth-order valence-corrected chi connectivity index (χ4v) is 5.55. The zero-order chi connectivity index (χ0) is 21.5. The Morgan fingerprint density at radius 2 is 2.03 bits per heavy atom. The Bertz CT molecular complexity index is 1200. The lowest BCUT2D eigenvalue weighted by molar-refractivity contribution is 0.257. The number of hydrogen-bond donors (Lipinski definition) is 1. The molecule has 1 saturated heterocycles. The molecule has 0 unspecified atom stereocenters. The molecule has 1 aliphatic rings. The van der Waals surface area contributed by atoms with Crippen LogP contribution in [0, 0.1) is 0 Å². The maximum atomic E-state index is 5.59. The molecule has 0 aromatic carbocycles. The highest BCUT2D eigenvalue weighted by atomic mass is 32.1. The van der Waals surface area contributed by atoms with E-state index in [9.17, 15) is 0 Å². The normalized spacial score (nSPS) is 15.9. The van der Waals surface area contributed by atoms with Crippen molar-refractivity contribution in [2.24, 2.45) is 0 Å². The van der Waals surface area contributed by atoms with Crippen LogP contribution < -0.4 is 4.74 Å². The number of thiazole rings is 1. The third-order valence-corrected chi connectivity index (χ3v) is 7.36. The molecular formula is C23H28N6OS. The summed E-state index contributed by atoms with van der Waals surface area (Å²) in [5, 5.41) is 9.02. The van der Waals surface area contributed by atoms with Crippen molar-refractivity contribution >= 4 is 17.0 Å². The monoisotopic (exact) mass is 436 g/mol. The number of H-pyrrole nitrogens is 1. The molecule has 4 aromatic heterocycles. The number of nitrogens with one attached hydrogen (secondary N) is 1. The highest BCUT2D eigenvalue weighted by molar-refractivity contribution is 7.15. The predicted octanol–water partition coefficient (Wildman–Crippen LogP) is 4.79. The Morgan fingerprint density at radius 3 is 2.77 bits per heavy atom. The van der Waals surface area contributed by atoms with Crippen molar-refractivity contribution in [3.8, 4) is 27.7 Å². The molecule has 1 fully saturated rings. The van der Waals surface area contributed by atoms with Gasteiger partial charge in [-0.25, -0.2) is 9.97 Å². The molecule has 7 nitrogen and oxygen atoms in total. The first kappa shape index (κ1) is 20.2. The quantitative estimate of drug-likeness (QED) is 0.487. The second-order valence-electron chi connectivity index (χ2n) is 8.62. The zero-order valence-corrected chi connectivity index (χ0v) is 19.2. The fourth-order valence-electron chi connectivity index (χ4n) is 4.46. The fraction of sp³-hybridized carbons (Fsp3) is 0.435. The van der Waals surface area contributed by atoms with Gasteiger partial charge < -0.3 is 14.0 Å². The minimum Gasteiger partial charge on any atom is -0.493 e. The molecule has 0 aliphatic carbocycles. The van der Waals surface area contributed by atoms with Crippen LogP contribution in [0.3, 0.4) is 0 Å². The number of imidazole rings is 1. The van der Waals surface area contributed by atoms with Crippen LogP contribution in [-0.4, -0.2) is 56.7 Å². The van der Waals surface area contributed by atoms with Crippen molar-refractivity contribution in [1.29, 1.82) is 0 Å². The Balaban J connectivity index is 1.54. The first-order valence-electron chi connectivity index (χ1n) is 10.8. The molecule has 0 radical (unpaired) electrons. The number of ether oxygens (including phenoxy) is 1. The second kappa shape index (κ2) is 8.09. The lowest BCUT2D eigenvalue weighted by Crippen LogP contribution is -2.28. The molecule has 0 saturated carbocycles. The Hall–Kier alpha value is -2.71. The number of pyridine rings is 1. The summed E-state index contributed by atoms with van der Waals surface area (Å²) in [5.74, 6) is 1.65. The van der Waals surface area contributed by atoms with E-state index in [0.717, 1.165) is 46.4 Å². The van der Waals surface area contributed by atoms with Crippen LogP contribution in [0.4, 0.5) is 0 Å². The molecular weight excluding hydrogens is 408 g/mol. The van der Waals surface area contributed by atoms with Crippen molar-refractivity contribution in [2.45, 2.75) is 38.5 Å². The van der Waals surface area contributed by atoms with Crippen molar-refractivity contribution < 1.29 is 4.74 Å². The first-order valence-corrected chi connectivity index (χ1v) is 11.6. The van der Waals surface area contributed by atoms with Gasteiger partial charge in [-0.3, -0.25) is 5.10 Å². The van der Waals surface area contributed by atoms with Gasteiger partial charge in [0.1, 0.15) is 10.7 Å². The lowest BCUT2D eigenvalue weighted by atomic mass is 9.96. The number of piperidine rings is 1. The summed E-state index contributed by atoms with van der Waals surface area (Å²) >= 11 is 1.79. The van der Waals surface area contributed by atoms with Gasteiger partial charge in [0.15, 0.2) is 11.4 Å². The summed E-state index contributed by atoms with van der Waals surface area (Å²) in [7, 11) is 3.88. The number of likely N-dealkylation sites (tertiary alicyclic amines) is 1. The smallest absolute Gasteiger partial charge is 0.179 e. The highest BCUT2D eigenvalue weighted by Crippen LogP contribution is 2.40. The number of aromatic amines is 1. The van der Waals surface area contributed by atoms with E-state index < -0.39 is 0 Å². The van der Waals surface area contributed by atoms with E-state index in [1.54, 1.807) is 24.6 Å². The maximum absolute atomic E-state index is 5.59. The van der Waals surface area contributed by atoms with Gasteiger partial charge in [-0.15, -0.1) is 11.3 Å². The number of methoxy groups -OCH3 is 1. The molecule has 5 heterocycles. The summed E-state index contributed by atoms with van der Waals surface area (Å²) in [6.45, 7) is 6.72. The van der Waals surface area contributed by atoms with Crippen LogP contribution in [-0.2, 0) is 0 Å². The molecule has 162 valence electrons. The minimum absolute atomic E-state index is 0.295. The Kier molecular flexibility index (Phi) is 5.27. The zero-order valence-electron chi connectivity index (χ0n) is 18.4. The largest absolute Gasteiger partial charge is 0.493 e. The SMILES string of the molecule is COc1cc(-c2[nH]nc(-c3ncc(C4CCN(C)CC4)s3)c2C(C)C)cn2ccnc12. The van der Waals surface area contributed by atoms with E-state index in [4.69, 9.17) is 14.8 Å². The molecule has 0 bridgehead atoms. The summed E-state index contributed by atoms with van der Waals surface area (Å²) in [5.41, 5.74) is 4.98. The van der Waals surface area contributed by atoms with E-state index in [2.05, 4.69) is 48.3 Å². The highest BCUT2D eigenvalue weighted by Gasteiger charge is 2.25. The maximum Gasteiger partial charge on any atom is 0.179 e. The van der Waals surface area contributed by atoms with E-state index in [0.29, 0.717) is 11.8 Å². The molecule has 31 heavy (non-hydrogen) atoms. The van der Waals surface area contributed by atoms with E-state index >= 15 is 0 Å². The number of hydrogen-bond acceptors (Lipinski definition) is 6. The minimum atomic E-state index is 0.295. The number of fused-ring (bicyclic) bond motifs is 1. The molecule has 1 N–H and O–H groups in total. The number of rotatable bonds is 5. The van der Waals surface area contributed by atoms with Crippen LogP contribution in [0.15, 0.2) is 30.9 Å².